The van der Waals surface area contributed by atoms with Gasteiger partial charge in [0.1, 0.15) is 0 Å². The van der Waals surface area contributed by atoms with Crippen molar-refractivity contribution in [3.63, 3.8) is 0 Å². The first kappa shape index (κ1) is 7.99. The molecule has 1 nitrogen and oxygen atoms in total. The molecular formula is C8H15FO. The molecule has 0 amide bonds. The molecule has 1 unspecified atom stereocenters. The van der Waals surface area contributed by atoms with Crippen LogP contribution in [0.1, 0.15) is 39.5 Å². The monoisotopic (exact) mass is 146 g/mol. The standard InChI is InChI=1S/C8H15FO/c1-7(2)4-3-5-8(9,10)6-7/h10H,3-6H2,1-2H3. The average molecular weight is 146 g/mol. The molecule has 1 saturated carbocycles. The van der Waals surface area contributed by atoms with Crippen molar-refractivity contribution in [1.29, 1.82) is 0 Å². The van der Waals surface area contributed by atoms with Gasteiger partial charge in [0, 0.05) is 12.8 Å². The molecule has 0 heterocycles. The van der Waals surface area contributed by atoms with Gasteiger partial charge in [-0.1, -0.05) is 13.8 Å². The Morgan fingerprint density at radius 3 is 2.20 bits per heavy atom. The smallest absolute Gasteiger partial charge is 0.207 e. The summed E-state index contributed by atoms with van der Waals surface area (Å²) < 4.78 is 12.9. The molecular weight excluding hydrogens is 131 g/mol. The van der Waals surface area contributed by atoms with Crippen LogP contribution >= 0.6 is 0 Å². The number of alkyl halides is 1. The lowest BCUT2D eigenvalue weighted by Gasteiger charge is -2.36. The molecule has 1 atom stereocenters. The van der Waals surface area contributed by atoms with Crippen LogP contribution in [0.2, 0.25) is 0 Å². The third kappa shape index (κ3) is 1.94. The Morgan fingerprint density at radius 2 is 1.90 bits per heavy atom. The third-order valence-electron chi connectivity index (χ3n) is 2.16. The predicted molar refractivity (Wildman–Crippen MR) is 38.3 cm³/mol. The summed E-state index contributed by atoms with van der Waals surface area (Å²) >= 11 is 0. The fraction of sp³-hybridized carbons (Fsp3) is 1.00. The van der Waals surface area contributed by atoms with E-state index in [4.69, 9.17) is 5.11 Å². The molecule has 0 aromatic heterocycles. The summed E-state index contributed by atoms with van der Waals surface area (Å²) in [5.74, 6) is -1.89. The molecule has 0 radical (unpaired) electrons. The van der Waals surface area contributed by atoms with Crippen molar-refractivity contribution in [1.82, 2.24) is 0 Å². The van der Waals surface area contributed by atoms with E-state index in [-0.39, 0.29) is 5.41 Å². The molecule has 1 N–H and O–H groups in total. The highest BCUT2D eigenvalue weighted by atomic mass is 19.2. The van der Waals surface area contributed by atoms with Gasteiger partial charge in [-0.05, 0) is 18.3 Å². The summed E-state index contributed by atoms with van der Waals surface area (Å²) in [4.78, 5) is 0. The average Bonchev–Trinajstić information content (AvgIpc) is 1.56. The number of hydrogen-bond acceptors (Lipinski definition) is 1. The molecule has 2 heteroatoms. The quantitative estimate of drug-likeness (QED) is 0.555. The van der Waals surface area contributed by atoms with Crippen molar-refractivity contribution >= 4 is 0 Å². The second kappa shape index (κ2) is 2.19. The highest BCUT2D eigenvalue weighted by Crippen LogP contribution is 2.41. The fourth-order valence-electron chi connectivity index (χ4n) is 1.75. The maximum atomic E-state index is 12.9. The first-order valence-corrected chi connectivity index (χ1v) is 3.83. The van der Waals surface area contributed by atoms with Crippen LogP contribution in [-0.4, -0.2) is 11.0 Å². The lowest BCUT2D eigenvalue weighted by atomic mass is 9.75. The van der Waals surface area contributed by atoms with Gasteiger partial charge >= 0.3 is 0 Å². The van der Waals surface area contributed by atoms with Gasteiger partial charge in [0.15, 0.2) is 0 Å². The van der Waals surface area contributed by atoms with Crippen molar-refractivity contribution in [2.75, 3.05) is 0 Å². The molecule has 0 bridgehead atoms. The Balaban J connectivity index is 2.56. The van der Waals surface area contributed by atoms with Crippen molar-refractivity contribution in [3.8, 4) is 0 Å². The second-order valence-corrected chi connectivity index (χ2v) is 4.11. The van der Waals surface area contributed by atoms with Gasteiger partial charge < -0.3 is 5.11 Å². The largest absolute Gasteiger partial charge is 0.362 e. The number of halogens is 1. The number of hydrogen-bond donors (Lipinski definition) is 1. The molecule has 10 heavy (non-hydrogen) atoms. The minimum atomic E-state index is -1.89. The molecule has 0 aromatic carbocycles. The van der Waals surface area contributed by atoms with E-state index in [1.807, 2.05) is 13.8 Å². The van der Waals surface area contributed by atoms with Gasteiger partial charge in [0.25, 0.3) is 0 Å². The molecule has 0 spiro atoms. The predicted octanol–water partition coefficient (Wildman–Crippen LogP) is 2.24. The topological polar surface area (TPSA) is 20.2 Å². The Kier molecular flexibility index (Phi) is 1.75. The molecule has 1 aliphatic carbocycles. The van der Waals surface area contributed by atoms with Crippen LogP contribution in [0.3, 0.4) is 0 Å². The Morgan fingerprint density at radius 1 is 1.30 bits per heavy atom. The van der Waals surface area contributed by atoms with Gasteiger partial charge in [-0.15, -0.1) is 0 Å². The zero-order valence-corrected chi connectivity index (χ0v) is 6.65. The third-order valence-corrected chi connectivity index (χ3v) is 2.16. The Labute approximate surface area is 61.2 Å². The van der Waals surface area contributed by atoms with Crippen LogP contribution in [-0.2, 0) is 0 Å². The van der Waals surface area contributed by atoms with E-state index in [0.717, 1.165) is 12.8 Å². The number of rotatable bonds is 0. The van der Waals surface area contributed by atoms with E-state index in [1.54, 1.807) is 0 Å². The van der Waals surface area contributed by atoms with Gasteiger partial charge in [0.2, 0.25) is 5.85 Å². The molecule has 60 valence electrons. The molecule has 1 rings (SSSR count). The lowest BCUT2D eigenvalue weighted by Crippen LogP contribution is -2.34. The summed E-state index contributed by atoms with van der Waals surface area (Å²) in [6.07, 6.45) is 2.44. The van der Waals surface area contributed by atoms with Crippen LogP contribution in [0.15, 0.2) is 0 Å². The zero-order valence-electron chi connectivity index (χ0n) is 6.65. The Bertz CT molecular complexity index is 115. The van der Waals surface area contributed by atoms with Crippen LogP contribution in [0.5, 0.6) is 0 Å². The van der Waals surface area contributed by atoms with Gasteiger partial charge in [0.05, 0.1) is 0 Å². The molecule has 0 aromatic rings. The fourth-order valence-corrected chi connectivity index (χ4v) is 1.75. The van der Waals surface area contributed by atoms with Crippen molar-refractivity contribution in [2.24, 2.45) is 5.41 Å². The summed E-state index contributed by atoms with van der Waals surface area (Å²) in [6.45, 7) is 3.99. The summed E-state index contributed by atoms with van der Waals surface area (Å²) in [6, 6.07) is 0. The van der Waals surface area contributed by atoms with Gasteiger partial charge in [-0.2, -0.15) is 0 Å². The van der Waals surface area contributed by atoms with Crippen molar-refractivity contribution in [2.45, 2.75) is 45.4 Å². The minimum absolute atomic E-state index is 0.0122. The highest BCUT2D eigenvalue weighted by Gasteiger charge is 2.38. The summed E-state index contributed by atoms with van der Waals surface area (Å²) in [5, 5.41) is 9.04. The second-order valence-electron chi connectivity index (χ2n) is 4.11. The van der Waals surface area contributed by atoms with Gasteiger partial charge in [-0.25, -0.2) is 4.39 Å². The Hall–Kier alpha value is -0.110. The van der Waals surface area contributed by atoms with Crippen LogP contribution in [0, 0.1) is 5.41 Å². The van der Waals surface area contributed by atoms with E-state index < -0.39 is 5.85 Å². The SMILES string of the molecule is CC1(C)CCCC(O)(F)C1. The van der Waals surface area contributed by atoms with Crippen LogP contribution in [0.4, 0.5) is 4.39 Å². The molecule has 0 saturated heterocycles. The van der Waals surface area contributed by atoms with E-state index in [2.05, 4.69) is 0 Å². The first-order valence-electron chi connectivity index (χ1n) is 3.83. The molecule has 1 aliphatic rings. The lowest BCUT2D eigenvalue weighted by molar-refractivity contribution is -0.141. The summed E-state index contributed by atoms with van der Waals surface area (Å²) in [5.41, 5.74) is -0.0122. The minimum Gasteiger partial charge on any atom is -0.362 e. The van der Waals surface area contributed by atoms with Crippen LogP contribution in [0.25, 0.3) is 0 Å². The highest BCUT2D eigenvalue weighted by molar-refractivity contribution is 4.83. The van der Waals surface area contributed by atoms with E-state index in [0.29, 0.717) is 12.8 Å². The van der Waals surface area contributed by atoms with Crippen LogP contribution < -0.4 is 0 Å². The zero-order chi connectivity index (χ0) is 7.83. The first-order chi connectivity index (χ1) is 4.41. The van der Waals surface area contributed by atoms with E-state index >= 15 is 0 Å². The van der Waals surface area contributed by atoms with Crippen molar-refractivity contribution < 1.29 is 9.50 Å². The van der Waals surface area contributed by atoms with E-state index in [9.17, 15) is 4.39 Å². The molecule has 1 fully saturated rings. The normalized spacial score (nSPS) is 39.6. The summed E-state index contributed by atoms with van der Waals surface area (Å²) in [7, 11) is 0. The maximum Gasteiger partial charge on any atom is 0.207 e. The number of aliphatic hydroxyl groups is 1. The maximum absolute atomic E-state index is 12.9. The molecule has 0 aliphatic heterocycles. The van der Waals surface area contributed by atoms with E-state index in [1.165, 1.54) is 0 Å². The van der Waals surface area contributed by atoms with Crippen molar-refractivity contribution in [3.05, 3.63) is 0 Å². The van der Waals surface area contributed by atoms with Gasteiger partial charge in [-0.3, -0.25) is 0 Å².